The van der Waals surface area contributed by atoms with Crippen LogP contribution in [0.4, 0.5) is 0 Å². The van der Waals surface area contributed by atoms with E-state index < -0.39 is 16.0 Å². The number of rotatable bonds is 10. The van der Waals surface area contributed by atoms with Crippen LogP contribution in [0, 0.1) is 10.5 Å². The highest BCUT2D eigenvalue weighted by Gasteiger charge is 2.17. The molecule has 0 bridgehead atoms. The quantitative estimate of drug-likeness (QED) is 0.260. The molecule has 0 saturated carbocycles. The van der Waals surface area contributed by atoms with Crippen molar-refractivity contribution in [3.05, 3.63) is 92.9 Å². The largest absolute Gasteiger partial charge is 0.481 e. The summed E-state index contributed by atoms with van der Waals surface area (Å²) < 4.78 is 30.9. The van der Waals surface area contributed by atoms with Crippen molar-refractivity contribution >= 4 is 49.5 Å². The lowest BCUT2D eigenvalue weighted by atomic mass is 10.0. The zero-order chi connectivity index (χ0) is 25.0. The van der Waals surface area contributed by atoms with E-state index in [0.717, 1.165) is 36.9 Å². The highest BCUT2D eigenvalue weighted by molar-refractivity contribution is 14.1. The molecule has 2 N–H and O–H groups in total. The number of hydrogen-bond donors (Lipinski definition) is 2. The smallest absolute Gasteiger partial charge is 0.305 e. The molecule has 0 atom stereocenters. The molecule has 0 fully saturated rings. The molecule has 0 saturated heterocycles. The fourth-order valence-corrected chi connectivity index (χ4v) is 5.60. The SMILES string of the molecule is Cc1c(Cc2cccnc2)c2cc(CCNS(=O)(=O)c3ccc(I)cc3)ccc2n1CCC(=O)O. The molecular formula is C26H26IN3O4S. The summed E-state index contributed by atoms with van der Waals surface area (Å²) in [4.78, 5) is 15.7. The zero-order valence-corrected chi connectivity index (χ0v) is 22.2. The van der Waals surface area contributed by atoms with Crippen LogP contribution in [-0.4, -0.2) is 35.6 Å². The predicted molar refractivity (Wildman–Crippen MR) is 144 cm³/mol. The van der Waals surface area contributed by atoms with Gasteiger partial charge in [0.25, 0.3) is 0 Å². The molecule has 0 aliphatic rings. The van der Waals surface area contributed by atoms with Gasteiger partial charge in [0.15, 0.2) is 0 Å². The van der Waals surface area contributed by atoms with E-state index in [2.05, 4.69) is 42.9 Å². The number of sulfonamides is 1. The minimum Gasteiger partial charge on any atom is -0.481 e. The number of pyridine rings is 1. The summed E-state index contributed by atoms with van der Waals surface area (Å²) in [5, 5.41) is 10.3. The topological polar surface area (TPSA) is 101 Å². The van der Waals surface area contributed by atoms with E-state index in [0.29, 0.717) is 19.4 Å². The lowest BCUT2D eigenvalue weighted by Gasteiger charge is -2.08. The molecule has 35 heavy (non-hydrogen) atoms. The highest BCUT2D eigenvalue weighted by atomic mass is 127. The number of nitrogens with one attached hydrogen (secondary N) is 1. The number of halogens is 1. The first kappa shape index (κ1) is 25.3. The maximum atomic E-state index is 12.6. The normalized spacial score (nSPS) is 11.7. The number of nitrogens with zero attached hydrogens (tertiary/aromatic N) is 2. The van der Waals surface area contributed by atoms with Crippen LogP contribution in [0.15, 0.2) is 71.9 Å². The van der Waals surface area contributed by atoms with Crippen LogP contribution in [-0.2, 0) is 34.2 Å². The highest BCUT2D eigenvalue weighted by Crippen LogP contribution is 2.29. The molecule has 7 nitrogen and oxygen atoms in total. The summed E-state index contributed by atoms with van der Waals surface area (Å²) in [6.45, 7) is 2.68. The first-order valence-electron chi connectivity index (χ1n) is 11.2. The fraction of sp³-hybridized carbons (Fsp3) is 0.231. The number of aliphatic carboxylic acids is 1. The molecule has 4 rings (SSSR count). The Kier molecular flexibility index (Phi) is 7.88. The van der Waals surface area contributed by atoms with E-state index in [1.54, 1.807) is 30.5 Å². The summed E-state index contributed by atoms with van der Waals surface area (Å²) in [5.74, 6) is -0.836. The van der Waals surface area contributed by atoms with Crippen LogP contribution in [0.2, 0.25) is 0 Å². The number of carboxylic acids is 1. The number of carbonyl (C=O) groups is 1. The summed E-state index contributed by atoms with van der Waals surface area (Å²) in [7, 11) is -3.58. The molecule has 2 aromatic carbocycles. The van der Waals surface area contributed by atoms with Crippen molar-refractivity contribution in [2.75, 3.05) is 6.54 Å². The van der Waals surface area contributed by atoms with Crippen molar-refractivity contribution in [1.29, 1.82) is 0 Å². The lowest BCUT2D eigenvalue weighted by molar-refractivity contribution is -0.137. The molecule has 2 heterocycles. The van der Waals surface area contributed by atoms with Gasteiger partial charge in [-0.1, -0.05) is 12.1 Å². The third-order valence-corrected chi connectivity index (χ3v) is 8.20. The molecule has 0 unspecified atom stereocenters. The standard InChI is InChI=1S/C26H26IN3O4S/c1-18-23(16-20-3-2-12-28-17-20)24-15-19(4-9-25(24)30(18)14-11-26(31)32)10-13-29-35(33,34)22-7-5-21(27)6-8-22/h2-9,12,15,17,29H,10-11,13-14,16H2,1H3,(H,31,32). The number of benzene rings is 2. The molecular weight excluding hydrogens is 577 g/mol. The van der Waals surface area contributed by atoms with Gasteiger partial charge in [-0.25, -0.2) is 13.1 Å². The van der Waals surface area contributed by atoms with Gasteiger partial charge in [-0.3, -0.25) is 9.78 Å². The Morgan fingerprint density at radius 2 is 1.89 bits per heavy atom. The van der Waals surface area contributed by atoms with E-state index in [1.165, 1.54) is 0 Å². The minimum atomic E-state index is -3.58. The van der Waals surface area contributed by atoms with Crippen LogP contribution in [0.25, 0.3) is 10.9 Å². The molecule has 2 aromatic heterocycles. The van der Waals surface area contributed by atoms with E-state index in [4.69, 9.17) is 0 Å². The van der Waals surface area contributed by atoms with E-state index >= 15 is 0 Å². The van der Waals surface area contributed by atoms with Gasteiger partial charge in [0.2, 0.25) is 10.0 Å². The molecule has 4 aromatic rings. The third-order valence-electron chi connectivity index (χ3n) is 6.00. The third kappa shape index (κ3) is 6.09. The molecule has 0 aliphatic heterocycles. The van der Waals surface area contributed by atoms with Gasteiger partial charge < -0.3 is 9.67 Å². The first-order chi connectivity index (χ1) is 16.7. The average Bonchev–Trinajstić information content (AvgIpc) is 3.08. The monoisotopic (exact) mass is 603 g/mol. The van der Waals surface area contributed by atoms with Crippen molar-refractivity contribution in [1.82, 2.24) is 14.3 Å². The van der Waals surface area contributed by atoms with Crippen molar-refractivity contribution in [3.63, 3.8) is 0 Å². The lowest BCUT2D eigenvalue weighted by Crippen LogP contribution is -2.26. The Labute approximate surface area is 218 Å². The summed E-state index contributed by atoms with van der Waals surface area (Å²) >= 11 is 2.14. The fourth-order valence-electron chi connectivity index (χ4n) is 4.21. The van der Waals surface area contributed by atoms with Crippen molar-refractivity contribution < 1.29 is 18.3 Å². The van der Waals surface area contributed by atoms with Crippen LogP contribution in [0.3, 0.4) is 0 Å². The maximum absolute atomic E-state index is 12.6. The molecule has 9 heteroatoms. The Balaban J connectivity index is 1.59. The minimum absolute atomic E-state index is 0.0407. The molecule has 0 radical (unpaired) electrons. The Bertz CT molecular complexity index is 1450. The van der Waals surface area contributed by atoms with Crippen molar-refractivity contribution in [2.45, 2.75) is 37.6 Å². The predicted octanol–water partition coefficient (Wildman–Crippen LogP) is 4.54. The first-order valence-corrected chi connectivity index (χ1v) is 13.8. The second-order valence-corrected chi connectivity index (χ2v) is 11.4. The van der Waals surface area contributed by atoms with Gasteiger partial charge in [-0.15, -0.1) is 0 Å². The van der Waals surface area contributed by atoms with Crippen molar-refractivity contribution in [2.24, 2.45) is 0 Å². The van der Waals surface area contributed by atoms with Gasteiger partial charge in [-0.2, -0.15) is 0 Å². The number of carboxylic acid groups (broad SMARTS) is 1. The molecule has 0 amide bonds. The summed E-state index contributed by atoms with van der Waals surface area (Å²) in [6.07, 6.45) is 4.83. The average molecular weight is 603 g/mol. The zero-order valence-electron chi connectivity index (χ0n) is 19.2. The Hall–Kier alpha value is -2.76. The van der Waals surface area contributed by atoms with Crippen molar-refractivity contribution in [3.8, 4) is 0 Å². The number of hydrogen-bond acceptors (Lipinski definition) is 4. The summed E-state index contributed by atoms with van der Waals surface area (Å²) in [5.41, 5.74) is 5.21. The van der Waals surface area contributed by atoms with Crippen LogP contribution >= 0.6 is 22.6 Å². The van der Waals surface area contributed by atoms with Gasteiger partial charge in [0.1, 0.15) is 0 Å². The second-order valence-electron chi connectivity index (χ2n) is 8.35. The van der Waals surface area contributed by atoms with E-state index in [1.807, 2.05) is 37.4 Å². The van der Waals surface area contributed by atoms with Gasteiger partial charge in [-0.05, 0) is 95.1 Å². The van der Waals surface area contributed by atoms with E-state index in [-0.39, 0.29) is 17.9 Å². The summed E-state index contributed by atoms with van der Waals surface area (Å²) in [6, 6.07) is 16.7. The molecule has 0 aliphatic carbocycles. The van der Waals surface area contributed by atoms with Crippen LogP contribution in [0.1, 0.15) is 28.8 Å². The van der Waals surface area contributed by atoms with Crippen LogP contribution in [0.5, 0.6) is 0 Å². The second kappa shape index (κ2) is 10.9. The van der Waals surface area contributed by atoms with Gasteiger partial charge >= 0.3 is 5.97 Å². The number of fused-ring (bicyclic) bond motifs is 1. The molecule has 182 valence electrons. The Morgan fingerprint density at radius 3 is 2.57 bits per heavy atom. The Morgan fingerprint density at radius 1 is 1.11 bits per heavy atom. The maximum Gasteiger partial charge on any atom is 0.305 e. The van der Waals surface area contributed by atoms with Gasteiger partial charge in [0.05, 0.1) is 11.3 Å². The number of aromatic nitrogens is 2. The molecule has 0 spiro atoms. The number of aryl methyl sites for hydroxylation is 1. The van der Waals surface area contributed by atoms with Crippen LogP contribution < -0.4 is 4.72 Å². The van der Waals surface area contributed by atoms with E-state index in [9.17, 15) is 18.3 Å². The van der Waals surface area contributed by atoms with Gasteiger partial charge in [0, 0.05) is 52.1 Å².